The number of thiazole rings is 1. The van der Waals surface area contributed by atoms with Gasteiger partial charge in [-0.1, -0.05) is 25.2 Å². The van der Waals surface area contributed by atoms with Crippen LogP contribution in [0, 0.1) is 13.8 Å². The van der Waals surface area contributed by atoms with E-state index in [-0.39, 0.29) is 18.2 Å². The number of carbonyl (C=O) groups is 1. The maximum Gasteiger partial charge on any atom is 0.321 e. The highest BCUT2D eigenvalue weighted by atomic mass is 32.1. The molecule has 1 aromatic carbocycles. The van der Waals surface area contributed by atoms with E-state index in [1.165, 1.54) is 11.3 Å². The van der Waals surface area contributed by atoms with E-state index in [1.807, 2.05) is 19.9 Å². The average Bonchev–Trinajstić information content (AvgIpc) is 3.35. The van der Waals surface area contributed by atoms with E-state index in [4.69, 9.17) is 14.7 Å². The van der Waals surface area contributed by atoms with Gasteiger partial charge in [0.25, 0.3) is 0 Å². The predicted octanol–water partition coefficient (Wildman–Crippen LogP) is 6.44. The first kappa shape index (κ1) is 27.1. The highest BCUT2D eigenvalue weighted by molar-refractivity contribution is 7.19. The molecule has 0 fully saturated rings. The number of hydrogen-bond acceptors (Lipinski definition) is 8. The van der Waals surface area contributed by atoms with Crippen LogP contribution in [0.3, 0.4) is 0 Å². The molecule has 4 rings (SSSR count). The van der Waals surface area contributed by atoms with Crippen molar-refractivity contribution in [3.8, 4) is 39.1 Å². The summed E-state index contributed by atoms with van der Waals surface area (Å²) >= 11 is 1.34. The molecule has 0 aliphatic heterocycles. The van der Waals surface area contributed by atoms with Crippen LogP contribution in [0.2, 0.25) is 0 Å². The maximum atomic E-state index is 12.1. The van der Waals surface area contributed by atoms with Crippen LogP contribution in [0.25, 0.3) is 33.3 Å². The van der Waals surface area contributed by atoms with Crippen molar-refractivity contribution >= 4 is 22.5 Å². The quantitative estimate of drug-likeness (QED) is 0.255. The summed E-state index contributed by atoms with van der Waals surface area (Å²) in [5, 5.41) is 6.07. The zero-order valence-corrected chi connectivity index (χ0v) is 23.4. The Morgan fingerprint density at radius 3 is 2.29 bits per heavy atom. The second kappa shape index (κ2) is 12.1. The first-order chi connectivity index (χ1) is 18.3. The molecule has 0 saturated carbocycles. The van der Waals surface area contributed by atoms with Crippen LogP contribution in [0.1, 0.15) is 51.7 Å². The molecule has 0 radical (unpaired) electrons. The fraction of sp³-hybridized carbons (Fsp3) is 0.357. The van der Waals surface area contributed by atoms with Crippen molar-refractivity contribution in [2.45, 2.75) is 66.5 Å². The lowest BCUT2D eigenvalue weighted by Gasteiger charge is -2.19. The summed E-state index contributed by atoms with van der Waals surface area (Å²) in [5.41, 5.74) is 5.13. The Hall–Kier alpha value is -3.92. The van der Waals surface area contributed by atoms with Crippen LogP contribution in [0.5, 0.6) is 5.75 Å². The highest BCUT2D eigenvalue weighted by Gasteiger charge is 2.18. The molecule has 0 aliphatic rings. The first-order valence-corrected chi connectivity index (χ1v) is 13.6. The summed E-state index contributed by atoms with van der Waals surface area (Å²) in [7, 11) is 0. The molecule has 3 aromatic heterocycles. The molecular formula is C28H33N7O2S. The van der Waals surface area contributed by atoms with Crippen LogP contribution < -0.4 is 15.4 Å². The molecule has 4 aromatic rings. The number of aromatic nitrogens is 5. The van der Waals surface area contributed by atoms with Gasteiger partial charge >= 0.3 is 6.03 Å². The number of urea groups is 1. The molecule has 2 amide bonds. The molecule has 0 unspecified atom stereocenters. The molecule has 9 nitrogen and oxygen atoms in total. The lowest BCUT2D eigenvalue weighted by molar-refractivity contribution is 0.192. The summed E-state index contributed by atoms with van der Waals surface area (Å²) in [6.07, 6.45) is 8.68. The summed E-state index contributed by atoms with van der Waals surface area (Å²) < 4.78 is 6.21. The van der Waals surface area contributed by atoms with Crippen molar-refractivity contribution < 1.29 is 9.53 Å². The Morgan fingerprint density at radius 1 is 0.947 bits per heavy atom. The second-order valence-electron chi connectivity index (χ2n) is 9.32. The van der Waals surface area contributed by atoms with Gasteiger partial charge in [-0.25, -0.2) is 24.7 Å². The topological polar surface area (TPSA) is 115 Å². The zero-order chi connectivity index (χ0) is 27.2. The average molecular weight is 532 g/mol. The smallest absolute Gasteiger partial charge is 0.321 e. The number of aryl methyl sites for hydroxylation is 2. The number of hydrogen-bond donors (Lipinski definition) is 2. The SMILES string of the molecule is CCC(CC)Oc1cc(C)c(-c2cc(-c3cnc(NC(=O)NC(C)C)s3)nc(-c3cnccn3)n2)c(C)c1. The van der Waals surface area contributed by atoms with Gasteiger partial charge < -0.3 is 10.1 Å². The minimum absolute atomic E-state index is 0.0199. The summed E-state index contributed by atoms with van der Waals surface area (Å²) in [5.74, 6) is 1.32. The molecule has 3 heterocycles. The molecule has 0 atom stereocenters. The van der Waals surface area contributed by atoms with Gasteiger partial charge in [-0.15, -0.1) is 0 Å². The van der Waals surface area contributed by atoms with Gasteiger partial charge in [0.1, 0.15) is 11.4 Å². The standard InChI is InChI=1S/C28H33N7O2S/c1-7-19(8-2)37-20-11-17(5)25(18(6)12-20)22-13-21(33-26(34-22)23-14-29-9-10-30-23)24-15-31-28(38-24)35-27(36)32-16(3)4/h9-16,19H,7-8H2,1-6H3,(H2,31,32,35,36). The normalized spacial score (nSPS) is 11.2. The lowest BCUT2D eigenvalue weighted by atomic mass is 9.98. The van der Waals surface area contributed by atoms with E-state index < -0.39 is 0 Å². The maximum absolute atomic E-state index is 12.1. The Labute approximate surface area is 227 Å². The molecule has 2 N–H and O–H groups in total. The summed E-state index contributed by atoms with van der Waals surface area (Å²) in [6, 6.07) is 5.79. The van der Waals surface area contributed by atoms with Crippen LogP contribution >= 0.6 is 11.3 Å². The zero-order valence-electron chi connectivity index (χ0n) is 22.6. The summed E-state index contributed by atoms with van der Waals surface area (Å²) in [6.45, 7) is 12.2. The third kappa shape index (κ3) is 6.49. The minimum Gasteiger partial charge on any atom is -0.490 e. The molecule has 0 spiro atoms. The number of ether oxygens (including phenoxy) is 1. The Morgan fingerprint density at radius 2 is 1.66 bits per heavy atom. The number of benzene rings is 1. The number of amides is 2. The van der Waals surface area contributed by atoms with Crippen LogP contribution in [-0.2, 0) is 0 Å². The number of nitrogens with zero attached hydrogens (tertiary/aromatic N) is 5. The van der Waals surface area contributed by atoms with Gasteiger partial charge in [0.05, 0.1) is 28.6 Å². The fourth-order valence-electron chi connectivity index (χ4n) is 4.12. The van der Waals surface area contributed by atoms with Crippen LogP contribution in [-0.4, -0.2) is 43.1 Å². The lowest BCUT2D eigenvalue weighted by Crippen LogP contribution is -2.34. The van der Waals surface area contributed by atoms with E-state index in [0.29, 0.717) is 22.3 Å². The predicted molar refractivity (Wildman–Crippen MR) is 151 cm³/mol. The van der Waals surface area contributed by atoms with Crippen molar-refractivity contribution in [2.24, 2.45) is 0 Å². The third-order valence-electron chi connectivity index (χ3n) is 5.89. The number of anilines is 1. The van der Waals surface area contributed by atoms with Gasteiger partial charge in [0.2, 0.25) is 0 Å². The van der Waals surface area contributed by atoms with Gasteiger partial charge in [0, 0.05) is 30.2 Å². The van der Waals surface area contributed by atoms with Crippen molar-refractivity contribution in [3.05, 3.63) is 54.1 Å². The van der Waals surface area contributed by atoms with Gasteiger partial charge in [-0.3, -0.25) is 10.3 Å². The molecule has 10 heteroatoms. The van der Waals surface area contributed by atoms with Crippen LogP contribution in [0.4, 0.5) is 9.93 Å². The molecular weight excluding hydrogens is 498 g/mol. The van der Waals surface area contributed by atoms with E-state index in [0.717, 1.165) is 45.9 Å². The Balaban J connectivity index is 1.76. The highest BCUT2D eigenvalue weighted by Crippen LogP contribution is 2.35. The first-order valence-electron chi connectivity index (χ1n) is 12.7. The minimum atomic E-state index is -0.300. The Bertz CT molecular complexity index is 1380. The molecule has 0 saturated heterocycles. The van der Waals surface area contributed by atoms with E-state index in [2.05, 4.69) is 65.4 Å². The molecule has 0 bridgehead atoms. The number of rotatable bonds is 9. The van der Waals surface area contributed by atoms with Crippen LogP contribution in [0.15, 0.2) is 43.0 Å². The van der Waals surface area contributed by atoms with Gasteiger partial charge in [0.15, 0.2) is 11.0 Å². The second-order valence-corrected chi connectivity index (χ2v) is 10.4. The van der Waals surface area contributed by atoms with Gasteiger partial charge in [-0.2, -0.15) is 0 Å². The van der Waals surface area contributed by atoms with Gasteiger partial charge in [-0.05, 0) is 69.9 Å². The third-order valence-corrected chi connectivity index (χ3v) is 6.83. The number of nitrogens with one attached hydrogen (secondary N) is 2. The van der Waals surface area contributed by atoms with E-state index in [9.17, 15) is 4.79 Å². The van der Waals surface area contributed by atoms with E-state index in [1.54, 1.807) is 24.8 Å². The molecule has 0 aliphatic carbocycles. The fourth-order valence-corrected chi connectivity index (χ4v) is 4.89. The van der Waals surface area contributed by atoms with Crippen molar-refractivity contribution in [1.82, 2.24) is 30.2 Å². The number of carbonyl (C=O) groups excluding carboxylic acids is 1. The monoisotopic (exact) mass is 531 g/mol. The summed E-state index contributed by atoms with van der Waals surface area (Å²) in [4.78, 5) is 35.6. The Kier molecular flexibility index (Phi) is 8.62. The molecule has 38 heavy (non-hydrogen) atoms. The van der Waals surface area contributed by atoms with E-state index >= 15 is 0 Å². The van der Waals surface area contributed by atoms with Crippen molar-refractivity contribution in [2.75, 3.05) is 5.32 Å². The van der Waals surface area contributed by atoms with Crippen molar-refractivity contribution in [3.63, 3.8) is 0 Å². The van der Waals surface area contributed by atoms with Crippen molar-refractivity contribution in [1.29, 1.82) is 0 Å². The molecule has 198 valence electrons. The largest absolute Gasteiger partial charge is 0.490 e.